The summed E-state index contributed by atoms with van der Waals surface area (Å²) in [6, 6.07) is 3.21. The van der Waals surface area contributed by atoms with Crippen LogP contribution in [0.5, 0.6) is 0 Å². The van der Waals surface area contributed by atoms with Crippen molar-refractivity contribution in [2.75, 3.05) is 5.32 Å². The van der Waals surface area contributed by atoms with E-state index in [1.54, 1.807) is 12.1 Å². The van der Waals surface area contributed by atoms with Crippen LogP contribution in [0.3, 0.4) is 0 Å². The fourth-order valence-corrected chi connectivity index (χ4v) is 2.95. The third-order valence-corrected chi connectivity index (χ3v) is 4.16. The number of benzene rings is 1. The van der Waals surface area contributed by atoms with Crippen molar-refractivity contribution < 1.29 is 14.5 Å². The molecule has 0 bridgehead atoms. The molecule has 2 aromatic rings. The topological polar surface area (TPSA) is 71.5 Å². The normalized spacial score (nSPS) is 13.4. The molecule has 0 radical (unpaired) electrons. The van der Waals surface area contributed by atoms with E-state index in [2.05, 4.69) is 10.3 Å². The lowest BCUT2D eigenvalue weighted by Gasteiger charge is -2.07. The van der Waals surface area contributed by atoms with E-state index in [0.29, 0.717) is 27.8 Å². The Morgan fingerprint density at radius 3 is 3.10 bits per heavy atom. The van der Waals surface area contributed by atoms with E-state index in [4.69, 9.17) is 16.3 Å². The van der Waals surface area contributed by atoms with Crippen molar-refractivity contribution >= 4 is 46.6 Å². The van der Waals surface area contributed by atoms with Crippen LogP contribution >= 0.6 is 22.9 Å². The van der Waals surface area contributed by atoms with Gasteiger partial charge in [-0.1, -0.05) is 11.6 Å². The molecule has 0 unspecified atom stereocenters. The van der Waals surface area contributed by atoms with Crippen LogP contribution in [0.25, 0.3) is 0 Å². The lowest BCUT2D eigenvalue weighted by atomic mass is 9.78. The molecule has 5 nitrogen and oxygen atoms in total. The molecule has 0 fully saturated rings. The van der Waals surface area contributed by atoms with Gasteiger partial charge in [0.05, 0.1) is 22.9 Å². The monoisotopic (exact) mass is 308 g/mol. The van der Waals surface area contributed by atoms with Gasteiger partial charge in [0.25, 0.3) is 5.91 Å². The van der Waals surface area contributed by atoms with Crippen molar-refractivity contribution in [2.45, 2.75) is 13.5 Å². The lowest BCUT2D eigenvalue weighted by molar-refractivity contribution is 0.102. The van der Waals surface area contributed by atoms with E-state index in [9.17, 15) is 9.82 Å². The molecule has 1 aromatic heterocycles. The van der Waals surface area contributed by atoms with Crippen LogP contribution in [-0.4, -0.2) is 23.0 Å². The van der Waals surface area contributed by atoms with Crippen LogP contribution in [0, 0.1) is 6.92 Å². The smallest absolute Gasteiger partial charge is 0.423 e. The summed E-state index contributed by atoms with van der Waals surface area (Å²) in [6.45, 7) is 2.14. The Labute approximate surface area is 124 Å². The largest absolute Gasteiger partial charge is 0.491 e. The van der Waals surface area contributed by atoms with E-state index >= 15 is 0 Å². The molecule has 0 spiro atoms. The number of hydrogen-bond acceptors (Lipinski definition) is 5. The molecule has 1 aromatic carbocycles. The van der Waals surface area contributed by atoms with Gasteiger partial charge in [-0.05, 0) is 30.1 Å². The van der Waals surface area contributed by atoms with Crippen molar-refractivity contribution in [3.63, 3.8) is 0 Å². The number of anilines is 1. The van der Waals surface area contributed by atoms with Gasteiger partial charge in [-0.3, -0.25) is 10.1 Å². The van der Waals surface area contributed by atoms with Crippen molar-refractivity contribution in [3.8, 4) is 0 Å². The quantitative estimate of drug-likeness (QED) is 0.826. The highest BCUT2D eigenvalue weighted by Crippen LogP contribution is 2.22. The molecule has 1 aliphatic rings. The summed E-state index contributed by atoms with van der Waals surface area (Å²) in [5, 5.41) is 15.0. The zero-order valence-electron chi connectivity index (χ0n) is 10.5. The maximum atomic E-state index is 12.2. The Hall–Kier alpha value is -1.41. The van der Waals surface area contributed by atoms with E-state index in [1.807, 2.05) is 12.3 Å². The Morgan fingerprint density at radius 2 is 2.40 bits per heavy atom. The number of nitrogens with zero attached hydrogens (tertiary/aromatic N) is 1. The second-order valence-electron chi connectivity index (χ2n) is 4.44. The number of hydrogen-bond donors (Lipinski definition) is 2. The standard InChI is InChI=1S/C12H10BClN2O3S/c1-6-5-20-12(15-6)16-11(17)8-3-9-7(2-10(8)14)4-19-13(9)18/h2-3,5,18H,4H2,1H3,(H,15,16,17). The van der Waals surface area contributed by atoms with Crippen LogP contribution in [-0.2, 0) is 11.3 Å². The first-order chi connectivity index (χ1) is 9.54. The Morgan fingerprint density at radius 1 is 1.60 bits per heavy atom. The van der Waals surface area contributed by atoms with Crippen molar-refractivity contribution in [2.24, 2.45) is 0 Å². The van der Waals surface area contributed by atoms with Gasteiger partial charge in [0.2, 0.25) is 0 Å². The number of amides is 1. The van der Waals surface area contributed by atoms with Gasteiger partial charge in [0.1, 0.15) is 0 Å². The van der Waals surface area contributed by atoms with E-state index < -0.39 is 7.12 Å². The summed E-state index contributed by atoms with van der Waals surface area (Å²) >= 11 is 7.45. The van der Waals surface area contributed by atoms with E-state index in [0.717, 1.165) is 11.3 Å². The first kappa shape index (κ1) is 13.6. The van der Waals surface area contributed by atoms with Gasteiger partial charge in [0, 0.05) is 5.38 Å². The number of nitrogens with one attached hydrogen (secondary N) is 1. The molecule has 0 aliphatic carbocycles. The highest BCUT2D eigenvalue weighted by molar-refractivity contribution is 7.13. The maximum absolute atomic E-state index is 12.2. The van der Waals surface area contributed by atoms with Crippen molar-refractivity contribution in [1.29, 1.82) is 0 Å². The fraction of sp³-hybridized carbons (Fsp3) is 0.167. The molecule has 102 valence electrons. The molecule has 0 saturated heterocycles. The Balaban J connectivity index is 1.90. The molecular formula is C12H10BClN2O3S. The predicted octanol–water partition coefficient (Wildman–Crippen LogP) is 1.57. The summed E-state index contributed by atoms with van der Waals surface area (Å²) in [6.07, 6.45) is 0. The van der Waals surface area contributed by atoms with Gasteiger partial charge in [0.15, 0.2) is 5.13 Å². The molecule has 2 N–H and O–H groups in total. The molecular weight excluding hydrogens is 298 g/mol. The number of carbonyl (C=O) groups excluding carboxylic acids is 1. The molecule has 1 aliphatic heterocycles. The minimum atomic E-state index is -1.00. The third-order valence-electron chi connectivity index (χ3n) is 2.98. The van der Waals surface area contributed by atoms with Gasteiger partial charge >= 0.3 is 7.12 Å². The average Bonchev–Trinajstić information content (AvgIpc) is 2.95. The van der Waals surface area contributed by atoms with Gasteiger partial charge in [-0.25, -0.2) is 4.98 Å². The van der Waals surface area contributed by atoms with Gasteiger partial charge < -0.3 is 9.68 Å². The molecule has 20 heavy (non-hydrogen) atoms. The van der Waals surface area contributed by atoms with Crippen LogP contribution < -0.4 is 10.8 Å². The maximum Gasteiger partial charge on any atom is 0.491 e. The zero-order valence-corrected chi connectivity index (χ0v) is 12.1. The Kier molecular flexibility index (Phi) is 3.51. The average molecular weight is 309 g/mol. The minimum Gasteiger partial charge on any atom is -0.423 e. The summed E-state index contributed by atoms with van der Waals surface area (Å²) in [7, 11) is -1.00. The second-order valence-corrected chi connectivity index (χ2v) is 5.71. The first-order valence-corrected chi connectivity index (χ1v) is 7.16. The molecule has 2 heterocycles. The summed E-state index contributed by atoms with van der Waals surface area (Å²) < 4.78 is 5.09. The van der Waals surface area contributed by atoms with E-state index in [-0.39, 0.29) is 5.91 Å². The van der Waals surface area contributed by atoms with Gasteiger partial charge in [-0.2, -0.15) is 0 Å². The fourth-order valence-electron chi connectivity index (χ4n) is 1.99. The van der Waals surface area contributed by atoms with Crippen LogP contribution in [0.15, 0.2) is 17.5 Å². The molecule has 0 atom stereocenters. The lowest BCUT2D eigenvalue weighted by Crippen LogP contribution is -2.29. The SMILES string of the molecule is Cc1csc(NC(=O)c2cc3c(cc2Cl)COB3O)n1. The number of halogens is 1. The van der Waals surface area contributed by atoms with E-state index in [1.165, 1.54) is 11.3 Å². The summed E-state index contributed by atoms with van der Waals surface area (Å²) in [5.74, 6) is -0.355. The summed E-state index contributed by atoms with van der Waals surface area (Å²) in [4.78, 5) is 16.4. The highest BCUT2D eigenvalue weighted by atomic mass is 35.5. The second kappa shape index (κ2) is 5.18. The highest BCUT2D eigenvalue weighted by Gasteiger charge is 2.29. The summed E-state index contributed by atoms with van der Waals surface area (Å²) in [5.41, 5.74) is 2.51. The molecule has 0 saturated carbocycles. The number of thiazole rings is 1. The predicted molar refractivity (Wildman–Crippen MR) is 78.7 cm³/mol. The number of fused-ring (bicyclic) bond motifs is 1. The van der Waals surface area contributed by atoms with Gasteiger partial charge in [-0.15, -0.1) is 11.3 Å². The van der Waals surface area contributed by atoms with Crippen molar-refractivity contribution in [1.82, 2.24) is 4.98 Å². The minimum absolute atomic E-state index is 0.294. The zero-order chi connectivity index (χ0) is 14.3. The van der Waals surface area contributed by atoms with Crippen LogP contribution in [0.2, 0.25) is 5.02 Å². The first-order valence-electron chi connectivity index (χ1n) is 5.90. The Bertz CT molecular complexity index is 691. The number of rotatable bonds is 2. The van der Waals surface area contributed by atoms with Crippen LogP contribution in [0.1, 0.15) is 21.6 Å². The number of aryl methyl sites for hydroxylation is 1. The third kappa shape index (κ3) is 2.45. The molecule has 3 rings (SSSR count). The molecule has 1 amide bonds. The van der Waals surface area contributed by atoms with Crippen molar-refractivity contribution in [3.05, 3.63) is 39.4 Å². The number of aromatic nitrogens is 1. The molecule has 8 heteroatoms. The number of carbonyl (C=O) groups is 1. The van der Waals surface area contributed by atoms with Crippen LogP contribution in [0.4, 0.5) is 5.13 Å².